The van der Waals surface area contributed by atoms with E-state index in [2.05, 4.69) is 39.6 Å². The summed E-state index contributed by atoms with van der Waals surface area (Å²) in [6, 6.07) is 7.32. The summed E-state index contributed by atoms with van der Waals surface area (Å²) in [7, 11) is 0. The first kappa shape index (κ1) is 15.7. The minimum absolute atomic E-state index is 0.162. The van der Waals surface area contributed by atoms with Gasteiger partial charge in [-0.25, -0.2) is 4.39 Å². The molecule has 1 heterocycles. The quantitative estimate of drug-likeness (QED) is 0.746. The molecule has 0 fully saturated rings. The van der Waals surface area contributed by atoms with Crippen LogP contribution < -0.4 is 5.32 Å². The van der Waals surface area contributed by atoms with Crippen molar-refractivity contribution in [2.45, 2.75) is 32.7 Å². The van der Waals surface area contributed by atoms with E-state index in [0.717, 1.165) is 35.0 Å². The Balaban J connectivity index is 2.23. The summed E-state index contributed by atoms with van der Waals surface area (Å²) >= 11 is 5.34. The minimum atomic E-state index is -0.162. The molecule has 1 unspecified atom stereocenters. The Labute approximate surface area is 132 Å². The first-order valence-corrected chi connectivity index (χ1v) is 8.50. The summed E-state index contributed by atoms with van der Waals surface area (Å²) in [5, 5.41) is 5.65. The van der Waals surface area contributed by atoms with Crippen LogP contribution in [0.4, 0.5) is 4.39 Å². The Kier molecular flexibility index (Phi) is 5.75. The van der Waals surface area contributed by atoms with Gasteiger partial charge in [0.1, 0.15) is 5.82 Å². The average Bonchev–Trinajstić information content (AvgIpc) is 2.84. The van der Waals surface area contributed by atoms with E-state index in [1.165, 1.54) is 10.9 Å². The molecule has 20 heavy (non-hydrogen) atoms. The molecule has 0 aliphatic heterocycles. The van der Waals surface area contributed by atoms with E-state index in [-0.39, 0.29) is 11.9 Å². The molecule has 0 bridgehead atoms. The minimum Gasteiger partial charge on any atom is -0.309 e. The molecule has 0 aliphatic carbocycles. The molecule has 0 amide bonds. The molecule has 0 saturated heterocycles. The molecule has 1 nitrogen and oxygen atoms in total. The van der Waals surface area contributed by atoms with Crippen LogP contribution in [0.1, 0.15) is 35.4 Å². The number of nitrogens with one attached hydrogen (secondary N) is 1. The number of halogens is 2. The van der Waals surface area contributed by atoms with E-state index in [1.807, 2.05) is 13.0 Å². The highest BCUT2D eigenvalue weighted by atomic mass is 79.9. The first-order valence-electron chi connectivity index (χ1n) is 6.83. The summed E-state index contributed by atoms with van der Waals surface area (Å²) in [6.07, 6.45) is 1.89. The highest BCUT2D eigenvalue weighted by Crippen LogP contribution is 2.31. The van der Waals surface area contributed by atoms with Gasteiger partial charge in [-0.15, -0.1) is 11.3 Å². The molecule has 1 N–H and O–H groups in total. The zero-order valence-electron chi connectivity index (χ0n) is 11.7. The number of hydrogen-bond acceptors (Lipinski definition) is 2. The maximum absolute atomic E-state index is 13.4. The standard InChI is InChI=1S/C16H19BrFNS/c1-3-7-19-15(16-14(17)6-8-20-16)10-12-9-13(18)5-4-11(12)2/h4-6,8-9,15,19H,3,7,10H2,1-2H3. The fraction of sp³-hybridized carbons (Fsp3) is 0.375. The van der Waals surface area contributed by atoms with Crippen molar-refractivity contribution in [2.24, 2.45) is 0 Å². The summed E-state index contributed by atoms with van der Waals surface area (Å²) in [5.41, 5.74) is 2.21. The summed E-state index contributed by atoms with van der Waals surface area (Å²) in [5.74, 6) is -0.162. The van der Waals surface area contributed by atoms with Crippen LogP contribution in [0.15, 0.2) is 34.1 Å². The van der Waals surface area contributed by atoms with Crippen LogP contribution in [0.3, 0.4) is 0 Å². The van der Waals surface area contributed by atoms with Gasteiger partial charge in [0.2, 0.25) is 0 Å². The average molecular weight is 356 g/mol. The first-order chi connectivity index (χ1) is 9.61. The highest BCUT2D eigenvalue weighted by molar-refractivity contribution is 9.10. The third-order valence-corrected chi connectivity index (χ3v) is 5.32. The summed E-state index contributed by atoms with van der Waals surface area (Å²) < 4.78 is 14.6. The van der Waals surface area contributed by atoms with Gasteiger partial charge in [0, 0.05) is 15.4 Å². The molecular formula is C16H19BrFNS. The van der Waals surface area contributed by atoms with E-state index in [9.17, 15) is 4.39 Å². The third-order valence-electron chi connectivity index (χ3n) is 3.34. The van der Waals surface area contributed by atoms with Gasteiger partial charge in [-0.3, -0.25) is 0 Å². The van der Waals surface area contributed by atoms with Crippen LogP contribution in [-0.4, -0.2) is 6.54 Å². The Hall–Kier alpha value is -0.710. The molecular weight excluding hydrogens is 337 g/mol. The largest absolute Gasteiger partial charge is 0.309 e. The van der Waals surface area contributed by atoms with Crippen molar-refractivity contribution in [3.8, 4) is 0 Å². The van der Waals surface area contributed by atoms with Gasteiger partial charge in [0.15, 0.2) is 0 Å². The van der Waals surface area contributed by atoms with Crippen molar-refractivity contribution < 1.29 is 4.39 Å². The maximum Gasteiger partial charge on any atom is 0.123 e. The Morgan fingerprint density at radius 2 is 2.15 bits per heavy atom. The number of hydrogen-bond donors (Lipinski definition) is 1. The van der Waals surface area contributed by atoms with Crippen LogP contribution in [-0.2, 0) is 6.42 Å². The predicted octanol–water partition coefficient (Wildman–Crippen LogP) is 5.24. The molecule has 1 aromatic heterocycles. The number of thiophene rings is 1. The third kappa shape index (κ3) is 3.90. The van der Waals surface area contributed by atoms with E-state index in [4.69, 9.17) is 0 Å². The van der Waals surface area contributed by atoms with Crippen molar-refractivity contribution in [3.63, 3.8) is 0 Å². The van der Waals surface area contributed by atoms with Crippen molar-refractivity contribution in [1.82, 2.24) is 5.32 Å². The fourth-order valence-corrected chi connectivity index (χ4v) is 3.94. The van der Waals surface area contributed by atoms with Crippen LogP contribution >= 0.6 is 27.3 Å². The van der Waals surface area contributed by atoms with Crippen molar-refractivity contribution in [2.75, 3.05) is 6.54 Å². The lowest BCUT2D eigenvalue weighted by molar-refractivity contribution is 0.532. The van der Waals surface area contributed by atoms with E-state index in [1.54, 1.807) is 17.4 Å². The van der Waals surface area contributed by atoms with Gasteiger partial charge in [0.05, 0.1) is 0 Å². The van der Waals surface area contributed by atoms with E-state index in [0.29, 0.717) is 0 Å². The SMILES string of the molecule is CCCNC(Cc1cc(F)ccc1C)c1sccc1Br. The van der Waals surface area contributed by atoms with Crippen LogP contribution in [0.25, 0.3) is 0 Å². The van der Waals surface area contributed by atoms with Crippen LogP contribution in [0.5, 0.6) is 0 Å². The van der Waals surface area contributed by atoms with Gasteiger partial charge in [-0.1, -0.05) is 13.0 Å². The number of rotatable bonds is 6. The lowest BCUT2D eigenvalue weighted by Crippen LogP contribution is -2.24. The molecule has 1 aromatic carbocycles. The fourth-order valence-electron chi connectivity index (χ4n) is 2.21. The van der Waals surface area contributed by atoms with E-state index >= 15 is 0 Å². The Morgan fingerprint density at radius 3 is 2.80 bits per heavy atom. The number of benzene rings is 1. The zero-order valence-corrected chi connectivity index (χ0v) is 14.2. The van der Waals surface area contributed by atoms with Gasteiger partial charge in [-0.05, 0) is 76.9 Å². The van der Waals surface area contributed by atoms with Crippen LogP contribution in [0.2, 0.25) is 0 Å². The van der Waals surface area contributed by atoms with Gasteiger partial charge in [-0.2, -0.15) is 0 Å². The Morgan fingerprint density at radius 1 is 1.35 bits per heavy atom. The molecule has 2 rings (SSSR count). The molecule has 4 heteroatoms. The Bertz CT molecular complexity index is 567. The monoisotopic (exact) mass is 355 g/mol. The van der Waals surface area contributed by atoms with Gasteiger partial charge in [0.25, 0.3) is 0 Å². The molecule has 0 radical (unpaired) electrons. The van der Waals surface area contributed by atoms with Crippen molar-refractivity contribution in [3.05, 3.63) is 55.9 Å². The van der Waals surface area contributed by atoms with Crippen LogP contribution in [0, 0.1) is 12.7 Å². The highest BCUT2D eigenvalue weighted by Gasteiger charge is 2.17. The molecule has 108 valence electrons. The van der Waals surface area contributed by atoms with Gasteiger partial charge < -0.3 is 5.32 Å². The van der Waals surface area contributed by atoms with E-state index < -0.39 is 0 Å². The predicted molar refractivity (Wildman–Crippen MR) is 87.9 cm³/mol. The lowest BCUT2D eigenvalue weighted by atomic mass is 10.00. The second-order valence-corrected chi connectivity index (χ2v) is 6.72. The molecule has 0 saturated carbocycles. The van der Waals surface area contributed by atoms with Crippen molar-refractivity contribution in [1.29, 1.82) is 0 Å². The smallest absolute Gasteiger partial charge is 0.123 e. The molecule has 2 aromatic rings. The second kappa shape index (κ2) is 7.34. The topological polar surface area (TPSA) is 12.0 Å². The summed E-state index contributed by atoms with van der Waals surface area (Å²) in [4.78, 5) is 1.28. The lowest BCUT2D eigenvalue weighted by Gasteiger charge is -2.19. The molecule has 0 aliphatic rings. The second-order valence-electron chi connectivity index (χ2n) is 4.91. The number of aryl methyl sites for hydroxylation is 1. The molecule has 0 spiro atoms. The maximum atomic E-state index is 13.4. The van der Waals surface area contributed by atoms with Crippen molar-refractivity contribution >= 4 is 27.3 Å². The molecule has 1 atom stereocenters. The van der Waals surface area contributed by atoms with Gasteiger partial charge >= 0.3 is 0 Å². The normalized spacial score (nSPS) is 12.6. The zero-order chi connectivity index (χ0) is 14.5. The summed E-state index contributed by atoms with van der Waals surface area (Å²) in [6.45, 7) is 5.15.